The van der Waals surface area contributed by atoms with E-state index in [0.717, 1.165) is 16.7 Å². The van der Waals surface area contributed by atoms with Crippen molar-refractivity contribution in [2.45, 2.75) is 35.2 Å². The Kier molecular flexibility index (Phi) is 6.61. The second kappa shape index (κ2) is 9.03. The number of sulfone groups is 1. The number of benzene rings is 2. The smallest absolute Gasteiger partial charge is 0.231 e. The van der Waals surface area contributed by atoms with E-state index < -0.39 is 27.5 Å². The van der Waals surface area contributed by atoms with Crippen molar-refractivity contribution in [2.24, 2.45) is 0 Å². The summed E-state index contributed by atoms with van der Waals surface area (Å²) in [5.41, 5.74) is 0.619. The summed E-state index contributed by atoms with van der Waals surface area (Å²) in [7, 11) is -4.11. The van der Waals surface area contributed by atoms with Crippen molar-refractivity contribution in [3.63, 3.8) is 0 Å². The number of hydrogen-bond acceptors (Lipinski definition) is 6. The van der Waals surface area contributed by atoms with E-state index in [2.05, 4.69) is 5.10 Å². The number of halogens is 1. The van der Waals surface area contributed by atoms with E-state index in [-0.39, 0.29) is 27.2 Å². The molecule has 0 saturated heterocycles. The maximum Gasteiger partial charge on any atom is 0.231 e. The van der Waals surface area contributed by atoms with Gasteiger partial charge in [0.15, 0.2) is 5.82 Å². The summed E-state index contributed by atoms with van der Waals surface area (Å²) in [5.74, 6) is -1.86. The van der Waals surface area contributed by atoms with E-state index >= 15 is 0 Å². The van der Waals surface area contributed by atoms with Crippen LogP contribution in [0.15, 0.2) is 69.4 Å². The minimum atomic E-state index is -4.11. The van der Waals surface area contributed by atoms with Gasteiger partial charge >= 0.3 is 0 Å². The highest BCUT2D eigenvalue weighted by molar-refractivity contribution is 7.99. The molecule has 0 fully saturated rings. The minimum absolute atomic E-state index is 0.0138. The number of aromatic nitrogens is 2. The Bertz CT molecular complexity index is 1210. The average molecular weight is 462 g/mol. The Labute approximate surface area is 183 Å². The molecule has 0 N–H and O–H groups in total. The van der Waals surface area contributed by atoms with Crippen LogP contribution in [-0.2, 0) is 26.0 Å². The summed E-state index contributed by atoms with van der Waals surface area (Å²) in [5, 5.41) is 4.53. The number of anilines is 1. The fourth-order valence-electron chi connectivity index (χ4n) is 3.11. The zero-order valence-corrected chi connectivity index (χ0v) is 18.7. The van der Waals surface area contributed by atoms with Crippen LogP contribution in [0.3, 0.4) is 0 Å². The summed E-state index contributed by atoms with van der Waals surface area (Å²) in [6.45, 7) is 2.38. The Balaban J connectivity index is 2.31. The number of rotatable bonds is 6. The van der Waals surface area contributed by atoms with Crippen molar-refractivity contribution in [3.8, 4) is 0 Å². The number of carbonyl (C=O) groups excluding carboxylic acids is 2. The third kappa shape index (κ3) is 4.54. The number of imide groups is 1. The van der Waals surface area contributed by atoms with Crippen molar-refractivity contribution in [2.75, 3.05) is 11.2 Å². The second-order valence-corrected chi connectivity index (χ2v) is 9.32. The molecule has 162 valence electrons. The highest BCUT2D eigenvalue weighted by atomic mass is 32.2. The highest BCUT2D eigenvalue weighted by Gasteiger charge is 2.35. The van der Waals surface area contributed by atoms with Crippen LogP contribution in [0.2, 0.25) is 0 Å². The summed E-state index contributed by atoms with van der Waals surface area (Å²) < 4.78 is 41.7. The lowest BCUT2D eigenvalue weighted by atomic mass is 10.2. The van der Waals surface area contributed by atoms with Crippen LogP contribution >= 0.6 is 11.8 Å². The first-order chi connectivity index (χ1) is 14.7. The molecule has 3 rings (SSSR count). The van der Waals surface area contributed by atoms with Gasteiger partial charge in [0.1, 0.15) is 15.7 Å². The molecule has 0 saturated carbocycles. The molecule has 0 aliphatic heterocycles. The monoisotopic (exact) mass is 461 g/mol. The van der Waals surface area contributed by atoms with E-state index in [4.69, 9.17) is 0 Å². The molecule has 0 atom stereocenters. The largest absolute Gasteiger partial charge is 0.274 e. The maximum absolute atomic E-state index is 13.5. The van der Waals surface area contributed by atoms with Gasteiger partial charge in [-0.3, -0.25) is 9.59 Å². The Morgan fingerprint density at radius 1 is 1.03 bits per heavy atom. The fraction of sp³-hybridized carbons (Fsp3) is 0.190. The topological polar surface area (TPSA) is 89.3 Å². The average Bonchev–Trinajstić information content (AvgIpc) is 3.08. The third-order valence-electron chi connectivity index (χ3n) is 4.46. The lowest BCUT2D eigenvalue weighted by Crippen LogP contribution is -2.36. The lowest BCUT2D eigenvalue weighted by Gasteiger charge is -2.20. The molecule has 0 unspecified atom stereocenters. The first kappa shape index (κ1) is 22.7. The Morgan fingerprint density at radius 3 is 2.13 bits per heavy atom. The first-order valence-corrected chi connectivity index (χ1v) is 11.9. The van der Waals surface area contributed by atoms with Crippen molar-refractivity contribution in [1.82, 2.24) is 9.78 Å². The fourth-order valence-corrected chi connectivity index (χ4v) is 5.61. The summed E-state index contributed by atoms with van der Waals surface area (Å²) in [6, 6.07) is 13.3. The van der Waals surface area contributed by atoms with Gasteiger partial charge in [0.25, 0.3) is 0 Å². The number of thioether (sulfide) groups is 1. The van der Waals surface area contributed by atoms with Crippen LogP contribution in [0.1, 0.15) is 19.4 Å². The zero-order chi connectivity index (χ0) is 22.8. The molecular formula is C21H20FN3O4S2. The molecule has 31 heavy (non-hydrogen) atoms. The quantitative estimate of drug-likeness (QED) is 0.522. The number of carbonyl (C=O) groups is 2. The van der Waals surface area contributed by atoms with Crippen LogP contribution in [-0.4, -0.2) is 36.3 Å². The van der Waals surface area contributed by atoms with E-state index in [1.807, 2.05) is 0 Å². The summed E-state index contributed by atoms with van der Waals surface area (Å²) in [6.07, 6.45) is 1.66. The summed E-state index contributed by atoms with van der Waals surface area (Å²) in [4.78, 5) is 25.3. The van der Waals surface area contributed by atoms with Crippen LogP contribution in [0.5, 0.6) is 0 Å². The molecule has 2 aromatic carbocycles. The van der Waals surface area contributed by atoms with Gasteiger partial charge in [-0.25, -0.2) is 22.4 Å². The normalized spacial score (nSPS) is 11.4. The van der Waals surface area contributed by atoms with Gasteiger partial charge in [0.05, 0.1) is 11.4 Å². The molecule has 0 radical (unpaired) electrons. The third-order valence-corrected chi connectivity index (χ3v) is 7.06. The van der Waals surface area contributed by atoms with E-state index in [0.29, 0.717) is 5.56 Å². The molecule has 0 aliphatic rings. The number of amides is 2. The maximum atomic E-state index is 13.5. The van der Waals surface area contributed by atoms with Crippen LogP contribution in [0.25, 0.3) is 0 Å². The summed E-state index contributed by atoms with van der Waals surface area (Å²) >= 11 is 1.09. The molecule has 0 aliphatic carbocycles. The predicted molar refractivity (Wildman–Crippen MR) is 115 cm³/mol. The van der Waals surface area contributed by atoms with E-state index in [1.54, 1.807) is 24.5 Å². The van der Waals surface area contributed by atoms with Crippen molar-refractivity contribution in [1.29, 1.82) is 0 Å². The molecule has 2 amide bonds. The Morgan fingerprint density at radius 2 is 1.61 bits per heavy atom. The molecular weight excluding hydrogens is 441 g/mol. The van der Waals surface area contributed by atoms with Crippen LogP contribution < -0.4 is 4.90 Å². The van der Waals surface area contributed by atoms with Gasteiger partial charge in [0.2, 0.25) is 21.7 Å². The standard InChI is InChI=1S/C21H20FN3O4S2/c1-14(26)25(15(2)27)21-19(31(28,29)18-7-5-4-6-8-18)20(30-3)23-24(21)13-16-9-11-17(22)12-10-16/h4-12H,13H2,1-3H3. The molecule has 1 aromatic heterocycles. The molecule has 0 spiro atoms. The van der Waals surface area contributed by atoms with E-state index in [1.165, 1.54) is 54.9 Å². The van der Waals surface area contributed by atoms with Crippen LogP contribution in [0.4, 0.5) is 10.2 Å². The number of hydrogen-bond donors (Lipinski definition) is 0. The zero-order valence-electron chi connectivity index (χ0n) is 17.1. The van der Waals surface area contributed by atoms with Gasteiger partial charge in [0, 0.05) is 13.8 Å². The molecule has 3 aromatic rings. The lowest BCUT2D eigenvalue weighted by molar-refractivity contribution is -0.124. The molecule has 10 heteroatoms. The van der Waals surface area contributed by atoms with Gasteiger partial charge in [-0.1, -0.05) is 30.3 Å². The minimum Gasteiger partial charge on any atom is -0.274 e. The SMILES string of the molecule is CSc1nn(Cc2ccc(F)cc2)c(N(C(C)=O)C(C)=O)c1S(=O)(=O)c1ccccc1. The predicted octanol–water partition coefficient (Wildman–Crippen LogP) is 3.52. The Hall–Kier alpha value is -2.98. The van der Waals surface area contributed by atoms with Crippen LogP contribution in [0, 0.1) is 5.82 Å². The van der Waals surface area contributed by atoms with Gasteiger partial charge in [-0.05, 0) is 36.1 Å². The molecule has 0 bridgehead atoms. The first-order valence-electron chi connectivity index (χ1n) is 9.17. The highest BCUT2D eigenvalue weighted by Crippen LogP contribution is 2.38. The molecule has 7 nitrogen and oxygen atoms in total. The van der Waals surface area contributed by atoms with Crippen molar-refractivity contribution < 1.29 is 22.4 Å². The van der Waals surface area contributed by atoms with Gasteiger partial charge in [-0.15, -0.1) is 11.8 Å². The van der Waals surface area contributed by atoms with E-state index in [9.17, 15) is 22.4 Å². The number of nitrogens with zero attached hydrogens (tertiary/aromatic N) is 3. The van der Waals surface area contributed by atoms with Gasteiger partial charge in [-0.2, -0.15) is 5.10 Å². The van der Waals surface area contributed by atoms with Crippen molar-refractivity contribution >= 4 is 39.2 Å². The van der Waals surface area contributed by atoms with Gasteiger partial charge < -0.3 is 0 Å². The van der Waals surface area contributed by atoms with Crippen molar-refractivity contribution in [3.05, 3.63) is 66.0 Å². The molecule has 1 heterocycles. The second-order valence-electron chi connectivity index (χ2n) is 6.64.